The van der Waals surface area contributed by atoms with Crippen LogP contribution in [0.3, 0.4) is 0 Å². The number of carbonyl (C=O) groups excluding carboxylic acids is 2. The Kier molecular flexibility index (Phi) is 2.08. The van der Waals surface area contributed by atoms with Crippen molar-refractivity contribution in [1.29, 1.82) is 0 Å². The van der Waals surface area contributed by atoms with Crippen LogP contribution >= 0.6 is 0 Å². The van der Waals surface area contributed by atoms with Crippen LogP contribution in [0, 0.1) is 0 Å². The van der Waals surface area contributed by atoms with Crippen LogP contribution < -0.4 is 0 Å². The van der Waals surface area contributed by atoms with Crippen LogP contribution in [0.5, 0.6) is 0 Å². The van der Waals surface area contributed by atoms with Crippen molar-refractivity contribution in [3.63, 3.8) is 0 Å². The topological polar surface area (TPSA) is 37.4 Å². The van der Waals surface area contributed by atoms with Crippen LogP contribution in [0.4, 0.5) is 0 Å². The third kappa shape index (κ3) is 1.31. The molecule has 11 heavy (non-hydrogen) atoms. The van der Waals surface area contributed by atoms with E-state index in [1.807, 2.05) is 6.92 Å². The number of likely N-dealkylation sites (N-methyl/N-ethyl adjacent to an activating group) is 1. The van der Waals surface area contributed by atoms with Gasteiger partial charge in [-0.15, -0.1) is 0 Å². The Morgan fingerprint density at radius 1 is 1.45 bits per heavy atom. The van der Waals surface area contributed by atoms with Gasteiger partial charge in [-0.3, -0.25) is 14.5 Å². The molecule has 0 saturated carbocycles. The molecule has 0 atom stereocenters. The molecule has 0 radical (unpaired) electrons. The van der Waals surface area contributed by atoms with Gasteiger partial charge in [0.2, 0.25) is 0 Å². The SMILES string of the molecule is CCCC1=CC(=O)N(C)C1=O. The second-order valence-electron chi connectivity index (χ2n) is 2.62. The van der Waals surface area contributed by atoms with E-state index in [9.17, 15) is 9.59 Å². The van der Waals surface area contributed by atoms with Gasteiger partial charge in [0.15, 0.2) is 0 Å². The summed E-state index contributed by atoms with van der Waals surface area (Å²) < 4.78 is 0. The number of hydrogen-bond acceptors (Lipinski definition) is 2. The normalized spacial score (nSPS) is 17.6. The lowest BCUT2D eigenvalue weighted by Gasteiger charge is -2.05. The maximum atomic E-state index is 11.1. The summed E-state index contributed by atoms with van der Waals surface area (Å²) in [6, 6.07) is 0. The Balaban J connectivity index is 2.75. The number of nitrogens with zero attached hydrogens (tertiary/aromatic N) is 1. The number of imide groups is 1. The maximum absolute atomic E-state index is 11.1. The number of hydrogen-bond donors (Lipinski definition) is 0. The molecule has 60 valence electrons. The average molecular weight is 153 g/mol. The minimum absolute atomic E-state index is 0.142. The lowest BCUT2D eigenvalue weighted by atomic mass is 10.1. The predicted molar refractivity (Wildman–Crippen MR) is 40.8 cm³/mol. The number of rotatable bonds is 2. The first-order valence-electron chi connectivity index (χ1n) is 3.69. The molecular weight excluding hydrogens is 142 g/mol. The molecule has 0 N–H and O–H groups in total. The molecule has 2 amide bonds. The fourth-order valence-corrected chi connectivity index (χ4v) is 1.07. The minimum atomic E-state index is -0.196. The molecule has 0 spiro atoms. The van der Waals surface area contributed by atoms with Crippen molar-refractivity contribution >= 4 is 11.8 Å². The third-order valence-corrected chi connectivity index (χ3v) is 1.73. The van der Waals surface area contributed by atoms with Gasteiger partial charge < -0.3 is 0 Å². The first-order chi connectivity index (χ1) is 5.16. The standard InChI is InChI=1S/C8H11NO2/c1-3-4-6-5-7(10)9(2)8(6)11/h5H,3-4H2,1-2H3. The summed E-state index contributed by atoms with van der Waals surface area (Å²) in [5.74, 6) is -0.338. The molecule has 1 aliphatic heterocycles. The van der Waals surface area contributed by atoms with Crippen molar-refractivity contribution in [2.24, 2.45) is 0 Å². The molecule has 3 heteroatoms. The maximum Gasteiger partial charge on any atom is 0.256 e. The molecule has 0 aliphatic carbocycles. The zero-order valence-corrected chi connectivity index (χ0v) is 6.76. The Bertz CT molecular complexity index is 230. The van der Waals surface area contributed by atoms with Gasteiger partial charge in [-0.25, -0.2) is 0 Å². The minimum Gasteiger partial charge on any atom is -0.278 e. The van der Waals surface area contributed by atoms with E-state index in [0.29, 0.717) is 12.0 Å². The predicted octanol–water partition coefficient (Wildman–Crippen LogP) is 0.712. The van der Waals surface area contributed by atoms with E-state index in [0.717, 1.165) is 11.3 Å². The Labute approximate surface area is 65.7 Å². The van der Waals surface area contributed by atoms with Crippen molar-refractivity contribution in [2.75, 3.05) is 7.05 Å². The summed E-state index contributed by atoms with van der Waals surface area (Å²) in [7, 11) is 1.50. The quantitative estimate of drug-likeness (QED) is 0.548. The zero-order chi connectivity index (χ0) is 8.43. The van der Waals surface area contributed by atoms with Gasteiger partial charge in [-0.1, -0.05) is 13.3 Å². The van der Waals surface area contributed by atoms with Crippen LogP contribution in [-0.2, 0) is 9.59 Å². The van der Waals surface area contributed by atoms with Crippen molar-refractivity contribution in [1.82, 2.24) is 4.90 Å². The highest BCUT2D eigenvalue weighted by Crippen LogP contribution is 2.14. The van der Waals surface area contributed by atoms with Gasteiger partial charge in [-0.2, -0.15) is 0 Å². The van der Waals surface area contributed by atoms with E-state index >= 15 is 0 Å². The van der Waals surface area contributed by atoms with Gasteiger partial charge in [0.1, 0.15) is 0 Å². The summed E-state index contributed by atoms with van der Waals surface area (Å²) in [5.41, 5.74) is 0.639. The fourth-order valence-electron chi connectivity index (χ4n) is 1.07. The van der Waals surface area contributed by atoms with Crippen LogP contribution in [0.1, 0.15) is 19.8 Å². The van der Waals surface area contributed by atoms with E-state index in [4.69, 9.17) is 0 Å². The first-order valence-corrected chi connectivity index (χ1v) is 3.69. The molecule has 0 bridgehead atoms. The summed E-state index contributed by atoms with van der Waals surface area (Å²) in [4.78, 5) is 23.2. The molecule has 0 saturated heterocycles. The summed E-state index contributed by atoms with van der Waals surface area (Å²) >= 11 is 0. The Hall–Kier alpha value is -1.12. The summed E-state index contributed by atoms with van der Waals surface area (Å²) in [6.45, 7) is 1.98. The molecule has 0 aromatic rings. The monoisotopic (exact) mass is 153 g/mol. The molecule has 3 nitrogen and oxygen atoms in total. The molecule has 1 rings (SSSR count). The van der Waals surface area contributed by atoms with E-state index in [2.05, 4.69) is 0 Å². The van der Waals surface area contributed by atoms with E-state index in [-0.39, 0.29) is 11.8 Å². The molecular formula is C8H11NO2. The van der Waals surface area contributed by atoms with Crippen molar-refractivity contribution < 1.29 is 9.59 Å². The van der Waals surface area contributed by atoms with Gasteiger partial charge in [0.25, 0.3) is 11.8 Å². The molecule has 0 fully saturated rings. The number of carbonyl (C=O) groups is 2. The Morgan fingerprint density at radius 3 is 2.45 bits per heavy atom. The largest absolute Gasteiger partial charge is 0.278 e. The lowest BCUT2D eigenvalue weighted by molar-refractivity contribution is -0.135. The highest BCUT2D eigenvalue weighted by molar-refractivity contribution is 6.15. The lowest BCUT2D eigenvalue weighted by Crippen LogP contribution is -2.25. The van der Waals surface area contributed by atoms with Crippen molar-refractivity contribution in [2.45, 2.75) is 19.8 Å². The van der Waals surface area contributed by atoms with Gasteiger partial charge in [0.05, 0.1) is 0 Å². The molecule has 0 unspecified atom stereocenters. The molecule has 0 aromatic carbocycles. The van der Waals surface area contributed by atoms with Crippen molar-refractivity contribution in [3.8, 4) is 0 Å². The first kappa shape index (κ1) is 7.98. The van der Waals surface area contributed by atoms with Crippen LogP contribution in [-0.4, -0.2) is 23.8 Å². The van der Waals surface area contributed by atoms with Crippen LogP contribution in [0.2, 0.25) is 0 Å². The molecule has 1 aliphatic rings. The average Bonchev–Trinajstić information content (AvgIpc) is 2.19. The van der Waals surface area contributed by atoms with E-state index in [1.54, 1.807) is 0 Å². The highest BCUT2D eigenvalue weighted by Gasteiger charge is 2.26. The van der Waals surface area contributed by atoms with Gasteiger partial charge in [-0.05, 0) is 6.42 Å². The van der Waals surface area contributed by atoms with Gasteiger partial charge in [0, 0.05) is 18.7 Å². The van der Waals surface area contributed by atoms with Crippen LogP contribution in [0.25, 0.3) is 0 Å². The highest BCUT2D eigenvalue weighted by atomic mass is 16.2. The third-order valence-electron chi connectivity index (χ3n) is 1.73. The molecule has 0 aromatic heterocycles. The van der Waals surface area contributed by atoms with Gasteiger partial charge >= 0.3 is 0 Å². The van der Waals surface area contributed by atoms with Crippen molar-refractivity contribution in [3.05, 3.63) is 11.6 Å². The Morgan fingerprint density at radius 2 is 2.09 bits per heavy atom. The molecule has 1 heterocycles. The van der Waals surface area contributed by atoms with E-state index < -0.39 is 0 Å². The van der Waals surface area contributed by atoms with Crippen LogP contribution in [0.15, 0.2) is 11.6 Å². The zero-order valence-electron chi connectivity index (χ0n) is 6.76. The summed E-state index contributed by atoms with van der Waals surface area (Å²) in [6.07, 6.45) is 3.03. The second kappa shape index (κ2) is 2.86. The second-order valence-corrected chi connectivity index (χ2v) is 2.62. The number of amides is 2. The fraction of sp³-hybridized carbons (Fsp3) is 0.500. The summed E-state index contributed by atoms with van der Waals surface area (Å²) in [5, 5.41) is 0. The smallest absolute Gasteiger partial charge is 0.256 e. The van der Waals surface area contributed by atoms with E-state index in [1.165, 1.54) is 13.1 Å².